The molecule has 4 N–H and O–H groups in total. The van der Waals surface area contributed by atoms with E-state index in [0.29, 0.717) is 11.2 Å². The molecule has 2 aromatic heterocycles. The topological polar surface area (TPSA) is 146 Å². The second kappa shape index (κ2) is 7.31. The van der Waals surface area contributed by atoms with Gasteiger partial charge in [0.25, 0.3) is 5.85 Å². The number of nitrogens with two attached hydrogens (primary N) is 1. The molecule has 11 heteroatoms. The molecular weight excluding hydrogens is 385 g/mol. The molecule has 1 aliphatic rings. The third-order valence-electron chi connectivity index (χ3n) is 4.94. The van der Waals surface area contributed by atoms with E-state index in [1.54, 1.807) is 20.8 Å². The van der Waals surface area contributed by atoms with Gasteiger partial charge in [0.2, 0.25) is 5.60 Å². The summed E-state index contributed by atoms with van der Waals surface area (Å²) in [5.74, 6) is -2.14. The molecule has 0 aliphatic carbocycles. The van der Waals surface area contributed by atoms with Gasteiger partial charge in [0.15, 0.2) is 24.6 Å². The molecule has 0 saturated carbocycles. The molecule has 0 amide bonds. The summed E-state index contributed by atoms with van der Waals surface area (Å²) in [5, 5.41) is 21.3. The number of hydrogen-bond acceptors (Lipinski definition) is 9. The van der Waals surface area contributed by atoms with E-state index in [-0.39, 0.29) is 11.6 Å². The number of nitrogens with zero attached hydrogens (tertiary/aromatic N) is 4. The Bertz CT molecular complexity index is 975. The van der Waals surface area contributed by atoms with Crippen LogP contribution in [-0.2, 0) is 14.3 Å². The number of imidazole rings is 1. The van der Waals surface area contributed by atoms with E-state index in [0.717, 1.165) is 0 Å². The molecule has 3 heterocycles. The molecular formula is C18H22FN5O5. The van der Waals surface area contributed by atoms with Gasteiger partial charge in [-0.25, -0.2) is 19.3 Å². The van der Waals surface area contributed by atoms with Gasteiger partial charge >= 0.3 is 5.97 Å². The third kappa shape index (κ3) is 3.34. The highest BCUT2D eigenvalue weighted by molar-refractivity contribution is 5.75. The molecule has 1 aliphatic heterocycles. The lowest BCUT2D eigenvalue weighted by Crippen LogP contribution is -2.51. The SMILES string of the molecule is C#C[C@]1(O)[C@H](n2cnc3c(C)ncnc32)O[C@](F)(COC(=O)C(N)C(C)C)[C@H]1O. The maximum atomic E-state index is 15.4. The van der Waals surface area contributed by atoms with Crippen molar-refractivity contribution in [1.82, 2.24) is 19.5 Å². The zero-order valence-electron chi connectivity index (χ0n) is 16.1. The van der Waals surface area contributed by atoms with Gasteiger partial charge in [0.1, 0.15) is 17.9 Å². The van der Waals surface area contributed by atoms with Gasteiger partial charge in [-0.05, 0) is 12.8 Å². The molecule has 1 unspecified atom stereocenters. The lowest BCUT2D eigenvalue weighted by molar-refractivity contribution is -0.216. The summed E-state index contributed by atoms with van der Waals surface area (Å²) < 4.78 is 26.8. The van der Waals surface area contributed by atoms with Crippen molar-refractivity contribution in [3.8, 4) is 12.3 Å². The Balaban J connectivity index is 1.93. The fraction of sp³-hybridized carbons (Fsp3) is 0.556. The van der Waals surface area contributed by atoms with E-state index in [4.69, 9.17) is 21.6 Å². The number of carbonyl (C=O) groups excluding carboxylic acids is 1. The van der Waals surface area contributed by atoms with Gasteiger partial charge in [-0.3, -0.25) is 9.36 Å². The molecule has 3 rings (SSSR count). The van der Waals surface area contributed by atoms with Crippen molar-refractivity contribution in [2.75, 3.05) is 6.61 Å². The number of esters is 1. The highest BCUT2D eigenvalue weighted by Gasteiger charge is 2.65. The zero-order chi connectivity index (χ0) is 21.6. The van der Waals surface area contributed by atoms with Crippen LogP contribution in [-0.4, -0.2) is 65.9 Å². The monoisotopic (exact) mass is 407 g/mol. The molecule has 156 valence electrons. The van der Waals surface area contributed by atoms with Crippen molar-refractivity contribution in [1.29, 1.82) is 0 Å². The average Bonchev–Trinajstić information content (AvgIpc) is 3.20. The van der Waals surface area contributed by atoms with Crippen LogP contribution in [0.1, 0.15) is 25.8 Å². The number of fused-ring (bicyclic) bond motifs is 1. The normalized spacial score (nSPS) is 30.4. The Morgan fingerprint density at radius 3 is 2.83 bits per heavy atom. The number of carbonyl (C=O) groups is 1. The molecule has 5 atom stereocenters. The zero-order valence-corrected chi connectivity index (χ0v) is 16.1. The van der Waals surface area contributed by atoms with Gasteiger partial charge in [0.05, 0.1) is 12.0 Å². The molecule has 0 radical (unpaired) electrons. The standard InChI is InChI=1S/C18H22FN5O5/c1-5-17(27)15(26)18(19,6-28-14(25)11(20)9(2)3)29-16(17)24-8-23-12-10(4)21-7-22-13(12)24/h1,7-9,11,15-16,26-27H,6,20H2,2-4H3/t11?,15-,16+,17+,18+/m0/s1. The minimum atomic E-state index is -2.99. The van der Waals surface area contributed by atoms with Crippen molar-refractivity contribution in [3.63, 3.8) is 0 Å². The van der Waals surface area contributed by atoms with E-state index in [2.05, 4.69) is 15.0 Å². The number of ether oxygens (including phenoxy) is 2. The maximum Gasteiger partial charge on any atom is 0.323 e. The van der Waals surface area contributed by atoms with Crippen LogP contribution in [0.3, 0.4) is 0 Å². The van der Waals surface area contributed by atoms with Gasteiger partial charge in [0, 0.05) is 0 Å². The van der Waals surface area contributed by atoms with Crippen molar-refractivity contribution in [3.05, 3.63) is 18.3 Å². The fourth-order valence-corrected chi connectivity index (χ4v) is 3.01. The molecule has 1 saturated heterocycles. The average molecular weight is 407 g/mol. The Kier molecular flexibility index (Phi) is 5.31. The molecule has 29 heavy (non-hydrogen) atoms. The predicted octanol–water partition coefficient (Wildman–Crippen LogP) is -0.419. The number of aliphatic hydroxyl groups is 2. The van der Waals surface area contributed by atoms with Crippen LogP contribution in [0.25, 0.3) is 11.2 Å². The minimum Gasteiger partial charge on any atom is -0.458 e. The first kappa shape index (κ1) is 21.1. The Morgan fingerprint density at radius 2 is 2.21 bits per heavy atom. The van der Waals surface area contributed by atoms with Gasteiger partial charge in [-0.15, -0.1) is 6.42 Å². The number of terminal acetylenes is 1. The molecule has 0 spiro atoms. The number of aryl methyl sites for hydroxylation is 1. The lowest BCUT2D eigenvalue weighted by atomic mass is 9.94. The highest BCUT2D eigenvalue weighted by Crippen LogP contribution is 2.46. The smallest absolute Gasteiger partial charge is 0.323 e. The fourth-order valence-electron chi connectivity index (χ4n) is 3.01. The Labute approximate surface area is 165 Å². The number of rotatable bonds is 5. The predicted molar refractivity (Wildman–Crippen MR) is 97.6 cm³/mol. The van der Waals surface area contributed by atoms with Crippen molar-refractivity contribution < 1.29 is 28.9 Å². The number of hydrogen-bond donors (Lipinski definition) is 3. The summed E-state index contributed by atoms with van der Waals surface area (Å²) in [6, 6.07) is -0.989. The van der Waals surface area contributed by atoms with Crippen molar-refractivity contribution in [2.24, 2.45) is 11.7 Å². The van der Waals surface area contributed by atoms with E-state index in [1.807, 2.05) is 5.92 Å². The van der Waals surface area contributed by atoms with Crippen LogP contribution >= 0.6 is 0 Å². The number of halogens is 1. The first-order valence-corrected chi connectivity index (χ1v) is 8.86. The maximum absolute atomic E-state index is 15.4. The van der Waals surface area contributed by atoms with Crippen molar-refractivity contribution >= 4 is 17.1 Å². The largest absolute Gasteiger partial charge is 0.458 e. The van der Waals surface area contributed by atoms with Crippen LogP contribution in [0.4, 0.5) is 4.39 Å². The van der Waals surface area contributed by atoms with E-state index in [9.17, 15) is 15.0 Å². The van der Waals surface area contributed by atoms with E-state index in [1.165, 1.54) is 17.2 Å². The molecule has 1 fully saturated rings. The Hall–Kier alpha value is -2.65. The highest BCUT2D eigenvalue weighted by atomic mass is 19.2. The number of alkyl halides is 1. The lowest BCUT2D eigenvalue weighted by Gasteiger charge is -2.26. The van der Waals surface area contributed by atoms with Crippen molar-refractivity contribution in [2.45, 2.75) is 50.6 Å². The van der Waals surface area contributed by atoms with E-state index >= 15 is 4.39 Å². The first-order valence-electron chi connectivity index (χ1n) is 8.86. The minimum absolute atomic E-state index is 0.214. The van der Waals surface area contributed by atoms with Crippen LogP contribution in [0.15, 0.2) is 12.7 Å². The second-order valence-electron chi connectivity index (χ2n) is 7.29. The summed E-state index contributed by atoms with van der Waals surface area (Å²) in [5.41, 5.74) is 4.32. The molecule has 10 nitrogen and oxygen atoms in total. The summed E-state index contributed by atoms with van der Waals surface area (Å²) in [6.07, 6.45) is 4.06. The van der Waals surface area contributed by atoms with Crippen LogP contribution in [0.5, 0.6) is 0 Å². The van der Waals surface area contributed by atoms with Gasteiger partial charge in [-0.1, -0.05) is 19.8 Å². The summed E-state index contributed by atoms with van der Waals surface area (Å²) >= 11 is 0. The first-order chi connectivity index (χ1) is 13.5. The Morgan fingerprint density at radius 1 is 1.52 bits per heavy atom. The molecule has 2 aromatic rings. The summed E-state index contributed by atoms with van der Waals surface area (Å²) in [4.78, 5) is 24.1. The second-order valence-corrected chi connectivity index (χ2v) is 7.29. The number of aromatic nitrogens is 4. The summed E-state index contributed by atoms with van der Waals surface area (Å²) in [7, 11) is 0. The molecule has 0 bridgehead atoms. The summed E-state index contributed by atoms with van der Waals surface area (Å²) in [6.45, 7) is 4.06. The van der Waals surface area contributed by atoms with Crippen LogP contribution in [0, 0.1) is 25.2 Å². The van der Waals surface area contributed by atoms with Gasteiger partial charge in [-0.2, -0.15) is 0 Å². The van der Waals surface area contributed by atoms with Gasteiger partial charge < -0.3 is 25.4 Å². The molecule has 0 aromatic carbocycles. The van der Waals surface area contributed by atoms with E-state index < -0.39 is 42.4 Å². The third-order valence-corrected chi connectivity index (χ3v) is 4.94. The number of aliphatic hydroxyl groups excluding tert-OH is 1. The van der Waals surface area contributed by atoms with Crippen LogP contribution < -0.4 is 5.73 Å². The quantitative estimate of drug-likeness (QED) is 0.444. The van der Waals surface area contributed by atoms with Crippen LogP contribution in [0.2, 0.25) is 0 Å².